The van der Waals surface area contributed by atoms with E-state index in [1.807, 2.05) is 13.8 Å². The van der Waals surface area contributed by atoms with Gasteiger partial charge in [0.15, 0.2) is 0 Å². The Morgan fingerprint density at radius 3 is 2.66 bits per heavy atom. The molecule has 1 fully saturated rings. The predicted molar refractivity (Wildman–Crippen MR) is 120 cm³/mol. The Bertz CT molecular complexity index is 1050. The molecule has 176 valence electrons. The van der Waals surface area contributed by atoms with Gasteiger partial charge in [0.05, 0.1) is 18.3 Å². The van der Waals surface area contributed by atoms with E-state index in [-0.39, 0.29) is 54.8 Å². The fourth-order valence-electron chi connectivity index (χ4n) is 3.75. The van der Waals surface area contributed by atoms with Gasteiger partial charge in [-0.05, 0) is 30.9 Å². The molecule has 2 aromatic rings. The van der Waals surface area contributed by atoms with Crippen LogP contribution in [-0.2, 0) is 19.6 Å². The minimum absolute atomic E-state index is 0.0784. The van der Waals surface area contributed by atoms with Crippen molar-refractivity contribution in [1.82, 2.24) is 23.7 Å². The molecule has 0 spiro atoms. The molecule has 1 unspecified atom stereocenters. The van der Waals surface area contributed by atoms with Crippen molar-refractivity contribution < 1.29 is 23.1 Å². The van der Waals surface area contributed by atoms with Crippen LogP contribution < -0.4 is 10.6 Å². The van der Waals surface area contributed by atoms with Crippen molar-refractivity contribution in [2.75, 3.05) is 26.2 Å². The van der Waals surface area contributed by atoms with Gasteiger partial charge in [-0.15, -0.1) is 0 Å². The van der Waals surface area contributed by atoms with E-state index >= 15 is 0 Å². The number of piperidine rings is 1. The molecule has 1 aromatic carbocycles. The molecule has 3 N–H and O–H groups in total. The molecule has 1 aromatic heterocycles. The van der Waals surface area contributed by atoms with Crippen LogP contribution in [0.3, 0.4) is 0 Å². The summed E-state index contributed by atoms with van der Waals surface area (Å²) in [6.45, 7) is 4.18. The average Bonchev–Trinajstić information content (AvgIpc) is 3.29. The number of benzene rings is 1. The highest BCUT2D eigenvalue weighted by atomic mass is 32.2. The molecule has 2 atom stereocenters. The maximum absolute atomic E-state index is 13.2. The maximum atomic E-state index is 13.2. The Morgan fingerprint density at radius 2 is 2.00 bits per heavy atom. The molecule has 32 heavy (non-hydrogen) atoms. The van der Waals surface area contributed by atoms with Crippen LogP contribution in [0.5, 0.6) is 0 Å². The van der Waals surface area contributed by atoms with E-state index in [0.29, 0.717) is 30.3 Å². The second-order valence-corrected chi connectivity index (χ2v) is 10.4. The second-order valence-electron chi connectivity index (χ2n) is 7.95. The van der Waals surface area contributed by atoms with Crippen molar-refractivity contribution in [3.8, 4) is 0 Å². The fraction of sp³-hybridized carbons (Fsp3) is 0.600. The Hall–Kier alpha value is -2.15. The standard InChI is InChI=1S/C20H29N5O5S2/c1-3-13(2)17(20(28)21-9-12-26)22-19(27)14-7-10-25(11-8-14)32(29,30)16-6-4-5-15-18(16)24-31-23-15/h4-6,13-14,17,26H,3,7-12H2,1-2H3,(H,21,28)(H,22,27)/t13?,17-/m0/s1. The Kier molecular flexibility index (Phi) is 8.15. The number of fused-ring (bicyclic) bond motifs is 1. The monoisotopic (exact) mass is 483 g/mol. The maximum Gasteiger partial charge on any atom is 0.245 e. The zero-order chi connectivity index (χ0) is 23.3. The molecule has 1 aliphatic rings. The third-order valence-electron chi connectivity index (χ3n) is 5.90. The molecule has 0 radical (unpaired) electrons. The number of amides is 2. The van der Waals surface area contributed by atoms with E-state index in [1.165, 1.54) is 10.4 Å². The van der Waals surface area contributed by atoms with Crippen molar-refractivity contribution in [3.05, 3.63) is 18.2 Å². The average molecular weight is 484 g/mol. The molecule has 12 heteroatoms. The quantitative estimate of drug-likeness (QED) is 0.477. The van der Waals surface area contributed by atoms with Gasteiger partial charge in [0.25, 0.3) is 0 Å². The first kappa shape index (κ1) is 24.5. The molecule has 1 saturated heterocycles. The summed E-state index contributed by atoms with van der Waals surface area (Å²) >= 11 is 0.968. The summed E-state index contributed by atoms with van der Waals surface area (Å²) in [5.74, 6) is -1.04. The van der Waals surface area contributed by atoms with Crippen molar-refractivity contribution >= 4 is 44.6 Å². The van der Waals surface area contributed by atoms with Crippen LogP contribution in [0.1, 0.15) is 33.1 Å². The zero-order valence-electron chi connectivity index (χ0n) is 18.2. The smallest absolute Gasteiger partial charge is 0.245 e. The summed E-state index contributed by atoms with van der Waals surface area (Å²) < 4.78 is 35.9. The minimum atomic E-state index is -3.75. The summed E-state index contributed by atoms with van der Waals surface area (Å²) in [6, 6.07) is 4.20. The lowest BCUT2D eigenvalue weighted by molar-refractivity contribution is -0.133. The van der Waals surface area contributed by atoms with Crippen molar-refractivity contribution in [2.24, 2.45) is 11.8 Å². The molecule has 3 rings (SSSR count). The van der Waals surface area contributed by atoms with Crippen molar-refractivity contribution in [2.45, 2.75) is 44.0 Å². The minimum Gasteiger partial charge on any atom is -0.395 e. The van der Waals surface area contributed by atoms with E-state index in [1.54, 1.807) is 12.1 Å². The first-order chi connectivity index (χ1) is 15.3. The Balaban J connectivity index is 1.64. The largest absolute Gasteiger partial charge is 0.395 e. The van der Waals surface area contributed by atoms with E-state index in [4.69, 9.17) is 5.11 Å². The second kappa shape index (κ2) is 10.6. The SMILES string of the molecule is CCC(C)[C@H](NC(=O)C1CCN(S(=O)(=O)c2cccc3nsnc23)CC1)C(=O)NCCO. The number of sulfonamides is 1. The number of nitrogens with one attached hydrogen (secondary N) is 2. The molecule has 1 aliphatic heterocycles. The van der Waals surface area contributed by atoms with E-state index in [2.05, 4.69) is 19.4 Å². The number of hydrogen-bond donors (Lipinski definition) is 3. The first-order valence-corrected chi connectivity index (χ1v) is 12.9. The predicted octanol–water partition coefficient (Wildman–Crippen LogP) is 0.731. The normalized spacial score (nSPS) is 17.7. The van der Waals surface area contributed by atoms with Crippen LogP contribution in [0, 0.1) is 11.8 Å². The van der Waals surface area contributed by atoms with Crippen LogP contribution in [0.2, 0.25) is 0 Å². The van der Waals surface area contributed by atoms with Gasteiger partial charge >= 0.3 is 0 Å². The topological polar surface area (TPSA) is 142 Å². The number of nitrogens with zero attached hydrogens (tertiary/aromatic N) is 3. The molecule has 0 aliphatic carbocycles. The highest BCUT2D eigenvalue weighted by Crippen LogP contribution is 2.28. The van der Waals surface area contributed by atoms with Crippen LogP contribution in [0.15, 0.2) is 23.1 Å². The fourth-order valence-corrected chi connectivity index (χ4v) is 5.97. The molecule has 2 heterocycles. The third-order valence-corrected chi connectivity index (χ3v) is 8.37. The van der Waals surface area contributed by atoms with Crippen LogP contribution in [0.4, 0.5) is 0 Å². The van der Waals surface area contributed by atoms with Gasteiger partial charge in [-0.2, -0.15) is 13.1 Å². The number of hydrogen-bond acceptors (Lipinski definition) is 8. The number of aliphatic hydroxyl groups is 1. The molecular weight excluding hydrogens is 454 g/mol. The van der Waals surface area contributed by atoms with E-state index in [9.17, 15) is 18.0 Å². The lowest BCUT2D eigenvalue weighted by Crippen LogP contribution is -2.53. The molecule has 10 nitrogen and oxygen atoms in total. The number of aromatic nitrogens is 2. The Labute approximate surface area is 191 Å². The van der Waals surface area contributed by atoms with E-state index in [0.717, 1.165) is 11.7 Å². The lowest BCUT2D eigenvalue weighted by Gasteiger charge is -2.32. The van der Waals surface area contributed by atoms with Gasteiger partial charge in [-0.25, -0.2) is 8.42 Å². The molecular formula is C20H29N5O5S2. The lowest BCUT2D eigenvalue weighted by atomic mass is 9.94. The van der Waals surface area contributed by atoms with Gasteiger partial charge in [-0.3, -0.25) is 9.59 Å². The van der Waals surface area contributed by atoms with Crippen LogP contribution in [-0.4, -0.2) is 70.7 Å². The van der Waals surface area contributed by atoms with Gasteiger partial charge < -0.3 is 15.7 Å². The number of aliphatic hydroxyl groups excluding tert-OH is 1. The van der Waals surface area contributed by atoms with E-state index < -0.39 is 16.1 Å². The van der Waals surface area contributed by atoms with Crippen LogP contribution in [0.25, 0.3) is 11.0 Å². The van der Waals surface area contributed by atoms with Gasteiger partial charge in [0.1, 0.15) is 22.0 Å². The first-order valence-electron chi connectivity index (χ1n) is 10.7. The summed E-state index contributed by atoms with van der Waals surface area (Å²) in [5, 5.41) is 14.4. The van der Waals surface area contributed by atoms with Gasteiger partial charge in [-0.1, -0.05) is 26.3 Å². The molecule has 2 amide bonds. The van der Waals surface area contributed by atoms with Crippen molar-refractivity contribution in [1.29, 1.82) is 0 Å². The zero-order valence-corrected chi connectivity index (χ0v) is 19.8. The summed E-state index contributed by atoms with van der Waals surface area (Å²) in [7, 11) is -3.75. The summed E-state index contributed by atoms with van der Waals surface area (Å²) in [4.78, 5) is 25.4. The Morgan fingerprint density at radius 1 is 1.28 bits per heavy atom. The van der Waals surface area contributed by atoms with Crippen molar-refractivity contribution in [3.63, 3.8) is 0 Å². The highest BCUT2D eigenvalue weighted by Gasteiger charge is 2.35. The van der Waals surface area contributed by atoms with Gasteiger partial charge in [0.2, 0.25) is 21.8 Å². The van der Waals surface area contributed by atoms with Crippen LogP contribution >= 0.6 is 11.7 Å². The third kappa shape index (κ3) is 5.25. The summed E-state index contributed by atoms with van der Waals surface area (Å²) in [6.07, 6.45) is 1.43. The number of carbonyl (C=O) groups is 2. The highest BCUT2D eigenvalue weighted by molar-refractivity contribution is 7.89. The van der Waals surface area contributed by atoms with Gasteiger partial charge in [0, 0.05) is 25.6 Å². The number of rotatable bonds is 9. The summed E-state index contributed by atoms with van der Waals surface area (Å²) in [5.41, 5.74) is 0.906. The molecule has 0 bridgehead atoms. The molecule has 0 saturated carbocycles. The number of carbonyl (C=O) groups excluding carboxylic acids is 2.